The van der Waals surface area contributed by atoms with Crippen LogP contribution in [0.15, 0.2) is 23.1 Å². The van der Waals surface area contributed by atoms with Gasteiger partial charge in [-0.3, -0.25) is 0 Å². The van der Waals surface area contributed by atoms with E-state index < -0.39 is 0 Å². The van der Waals surface area contributed by atoms with E-state index in [1.54, 1.807) is 11.8 Å². The van der Waals surface area contributed by atoms with E-state index in [4.69, 9.17) is 5.26 Å². The molecule has 0 saturated heterocycles. The molecule has 1 atom stereocenters. The van der Waals surface area contributed by atoms with Crippen LogP contribution in [-0.4, -0.2) is 18.8 Å². The van der Waals surface area contributed by atoms with Crippen molar-refractivity contribution in [1.82, 2.24) is 5.32 Å². The maximum Gasteiger partial charge on any atom is 0.104 e. The molecule has 0 amide bonds. The van der Waals surface area contributed by atoms with Crippen molar-refractivity contribution < 1.29 is 0 Å². The van der Waals surface area contributed by atoms with Gasteiger partial charge in [-0.1, -0.05) is 6.07 Å². The molecule has 3 heteroatoms. The SMILES string of the molecule is CNC(C#N)CSc1ccc(C)c(C)c1. The summed E-state index contributed by atoms with van der Waals surface area (Å²) in [5.74, 6) is 0.787. The molecule has 1 unspecified atom stereocenters. The van der Waals surface area contributed by atoms with Gasteiger partial charge in [0.1, 0.15) is 6.04 Å². The highest BCUT2D eigenvalue weighted by Crippen LogP contribution is 2.21. The third kappa shape index (κ3) is 3.58. The number of nitrogens with one attached hydrogen (secondary N) is 1. The number of hydrogen-bond acceptors (Lipinski definition) is 3. The average molecular weight is 220 g/mol. The molecule has 0 aliphatic carbocycles. The minimum absolute atomic E-state index is 0.0726. The molecular weight excluding hydrogens is 204 g/mol. The van der Waals surface area contributed by atoms with Crippen LogP contribution < -0.4 is 5.32 Å². The molecule has 2 nitrogen and oxygen atoms in total. The maximum atomic E-state index is 8.78. The quantitative estimate of drug-likeness (QED) is 0.792. The van der Waals surface area contributed by atoms with Gasteiger partial charge < -0.3 is 5.32 Å². The smallest absolute Gasteiger partial charge is 0.104 e. The summed E-state index contributed by atoms with van der Waals surface area (Å²) in [6.07, 6.45) is 0. The van der Waals surface area contributed by atoms with E-state index in [0.29, 0.717) is 0 Å². The molecule has 15 heavy (non-hydrogen) atoms. The summed E-state index contributed by atoms with van der Waals surface area (Å²) in [7, 11) is 1.81. The summed E-state index contributed by atoms with van der Waals surface area (Å²) in [6.45, 7) is 4.22. The first-order valence-electron chi connectivity index (χ1n) is 4.94. The highest BCUT2D eigenvalue weighted by molar-refractivity contribution is 7.99. The molecule has 80 valence electrons. The van der Waals surface area contributed by atoms with Crippen molar-refractivity contribution in [2.24, 2.45) is 0 Å². The molecule has 0 radical (unpaired) electrons. The topological polar surface area (TPSA) is 35.8 Å². The average Bonchev–Trinajstić information content (AvgIpc) is 2.24. The molecule has 0 aliphatic rings. The van der Waals surface area contributed by atoms with E-state index in [9.17, 15) is 0 Å². The molecule has 1 aromatic carbocycles. The Labute approximate surface area is 95.7 Å². The maximum absolute atomic E-state index is 8.78. The van der Waals surface area contributed by atoms with Gasteiger partial charge in [0.25, 0.3) is 0 Å². The largest absolute Gasteiger partial charge is 0.304 e. The van der Waals surface area contributed by atoms with Gasteiger partial charge in [-0.25, -0.2) is 0 Å². The molecule has 0 aromatic heterocycles. The third-order valence-corrected chi connectivity index (χ3v) is 3.49. The molecule has 0 saturated carbocycles. The highest BCUT2D eigenvalue weighted by Gasteiger charge is 2.04. The molecule has 0 fully saturated rings. The lowest BCUT2D eigenvalue weighted by Crippen LogP contribution is -2.25. The molecule has 1 rings (SSSR count). The van der Waals surface area contributed by atoms with Crippen LogP contribution in [0.25, 0.3) is 0 Å². The monoisotopic (exact) mass is 220 g/mol. The van der Waals surface area contributed by atoms with Crippen molar-refractivity contribution in [2.75, 3.05) is 12.8 Å². The van der Waals surface area contributed by atoms with Gasteiger partial charge >= 0.3 is 0 Å². The van der Waals surface area contributed by atoms with E-state index in [1.165, 1.54) is 16.0 Å². The van der Waals surface area contributed by atoms with Gasteiger partial charge in [0.05, 0.1) is 6.07 Å². The molecule has 0 aliphatic heterocycles. The summed E-state index contributed by atoms with van der Waals surface area (Å²) in [4.78, 5) is 1.23. The Morgan fingerprint density at radius 2 is 2.13 bits per heavy atom. The standard InChI is InChI=1S/C12H16N2S/c1-9-4-5-12(6-10(9)2)15-8-11(7-13)14-3/h4-6,11,14H,8H2,1-3H3. The predicted molar refractivity (Wildman–Crippen MR) is 65.1 cm³/mol. The van der Waals surface area contributed by atoms with E-state index in [1.807, 2.05) is 7.05 Å². The zero-order valence-electron chi connectivity index (χ0n) is 9.37. The number of nitrogens with zero attached hydrogens (tertiary/aromatic N) is 1. The Morgan fingerprint density at radius 1 is 1.40 bits per heavy atom. The van der Waals surface area contributed by atoms with Gasteiger partial charge in [-0.15, -0.1) is 11.8 Å². The van der Waals surface area contributed by atoms with E-state index >= 15 is 0 Å². The normalized spacial score (nSPS) is 12.1. The first kappa shape index (κ1) is 12.1. The lowest BCUT2D eigenvalue weighted by atomic mass is 10.1. The van der Waals surface area contributed by atoms with Crippen molar-refractivity contribution in [3.63, 3.8) is 0 Å². The summed E-state index contributed by atoms with van der Waals surface area (Å²) in [5.41, 5.74) is 2.61. The summed E-state index contributed by atoms with van der Waals surface area (Å²) in [6, 6.07) is 8.55. The van der Waals surface area contributed by atoms with Gasteiger partial charge in [-0.05, 0) is 44.2 Å². The number of nitriles is 1. The first-order valence-corrected chi connectivity index (χ1v) is 5.93. The number of hydrogen-bond donors (Lipinski definition) is 1. The second-order valence-corrected chi connectivity index (χ2v) is 4.62. The Kier molecular flexibility index (Phi) is 4.67. The fourth-order valence-electron chi connectivity index (χ4n) is 1.17. The van der Waals surface area contributed by atoms with Gasteiger partial charge in [0.2, 0.25) is 0 Å². The van der Waals surface area contributed by atoms with E-state index in [2.05, 4.69) is 43.4 Å². The summed E-state index contributed by atoms with van der Waals surface area (Å²) >= 11 is 1.72. The fourth-order valence-corrected chi connectivity index (χ4v) is 2.19. The van der Waals surface area contributed by atoms with E-state index in [-0.39, 0.29) is 6.04 Å². The van der Waals surface area contributed by atoms with Crippen LogP contribution in [0.5, 0.6) is 0 Å². The minimum atomic E-state index is -0.0726. The lowest BCUT2D eigenvalue weighted by Gasteiger charge is -2.08. The van der Waals surface area contributed by atoms with Crippen molar-refractivity contribution in [1.29, 1.82) is 5.26 Å². The van der Waals surface area contributed by atoms with Crippen LogP contribution >= 0.6 is 11.8 Å². The number of thioether (sulfide) groups is 1. The second kappa shape index (κ2) is 5.79. The number of rotatable bonds is 4. The van der Waals surface area contributed by atoms with Crippen LogP contribution in [-0.2, 0) is 0 Å². The van der Waals surface area contributed by atoms with Crippen LogP contribution in [0.2, 0.25) is 0 Å². The van der Waals surface area contributed by atoms with Crippen LogP contribution in [0.1, 0.15) is 11.1 Å². The Balaban J connectivity index is 2.59. The van der Waals surface area contributed by atoms with Crippen LogP contribution in [0.4, 0.5) is 0 Å². The van der Waals surface area contributed by atoms with E-state index in [0.717, 1.165) is 5.75 Å². The molecule has 0 bridgehead atoms. The lowest BCUT2D eigenvalue weighted by molar-refractivity contribution is 0.750. The van der Waals surface area contributed by atoms with Crippen molar-refractivity contribution >= 4 is 11.8 Å². The number of aryl methyl sites for hydroxylation is 2. The Hall–Kier alpha value is -0.980. The summed E-state index contributed by atoms with van der Waals surface area (Å²) < 4.78 is 0. The Bertz CT molecular complexity index is 368. The van der Waals surface area contributed by atoms with Crippen LogP contribution in [0.3, 0.4) is 0 Å². The van der Waals surface area contributed by atoms with Crippen molar-refractivity contribution in [3.05, 3.63) is 29.3 Å². The molecule has 0 heterocycles. The van der Waals surface area contributed by atoms with Gasteiger partial charge in [0, 0.05) is 10.6 Å². The summed E-state index contributed by atoms with van der Waals surface area (Å²) in [5, 5.41) is 11.7. The predicted octanol–water partition coefficient (Wildman–Crippen LogP) is 2.51. The van der Waals surface area contributed by atoms with Crippen LogP contribution in [0, 0.1) is 25.2 Å². The third-order valence-electron chi connectivity index (χ3n) is 2.40. The Morgan fingerprint density at radius 3 is 2.67 bits per heavy atom. The molecular formula is C12H16N2S. The zero-order chi connectivity index (χ0) is 11.3. The first-order chi connectivity index (χ1) is 7.17. The van der Waals surface area contributed by atoms with Gasteiger partial charge in [-0.2, -0.15) is 5.26 Å². The van der Waals surface area contributed by atoms with Gasteiger partial charge in [0.15, 0.2) is 0 Å². The second-order valence-electron chi connectivity index (χ2n) is 3.53. The number of benzene rings is 1. The fraction of sp³-hybridized carbons (Fsp3) is 0.417. The highest BCUT2D eigenvalue weighted by atomic mass is 32.2. The molecule has 1 aromatic rings. The zero-order valence-corrected chi connectivity index (χ0v) is 10.2. The van der Waals surface area contributed by atoms with Crippen molar-refractivity contribution in [2.45, 2.75) is 24.8 Å². The molecule has 1 N–H and O–H groups in total. The molecule has 0 spiro atoms. The minimum Gasteiger partial charge on any atom is -0.304 e. The van der Waals surface area contributed by atoms with Crippen molar-refractivity contribution in [3.8, 4) is 6.07 Å².